The average Bonchev–Trinajstić information content (AvgIpc) is 2.35. The third-order valence-corrected chi connectivity index (χ3v) is 3.59. The minimum absolute atomic E-state index is 0.0781. The Hall–Kier alpha value is -1.86. The van der Waals surface area contributed by atoms with Crippen molar-refractivity contribution in [2.45, 2.75) is 37.8 Å². The fourth-order valence-electron chi connectivity index (χ4n) is 2.05. The van der Waals surface area contributed by atoms with Crippen molar-refractivity contribution in [3.8, 4) is 6.07 Å². The molecule has 0 aromatic heterocycles. The minimum Gasteiger partial charge on any atom is -0.348 e. The summed E-state index contributed by atoms with van der Waals surface area (Å²) in [6.45, 7) is 1.92. The monoisotopic (exact) mass is 243 g/mol. The van der Waals surface area contributed by atoms with E-state index in [0.29, 0.717) is 5.56 Å². The van der Waals surface area contributed by atoms with Crippen LogP contribution in [0.2, 0.25) is 0 Å². The molecule has 18 heavy (non-hydrogen) atoms. The van der Waals surface area contributed by atoms with E-state index in [1.165, 1.54) is 0 Å². The van der Waals surface area contributed by atoms with Crippen LogP contribution in [0, 0.1) is 11.3 Å². The predicted molar refractivity (Wildman–Crippen MR) is 68.5 cm³/mol. The summed E-state index contributed by atoms with van der Waals surface area (Å²) in [4.78, 5) is 12.0. The Bertz CT molecular complexity index is 483. The molecule has 3 N–H and O–H groups in total. The first-order valence-electron chi connectivity index (χ1n) is 6.15. The number of hydrogen-bond acceptors (Lipinski definition) is 3. The van der Waals surface area contributed by atoms with E-state index >= 15 is 0 Å². The Morgan fingerprint density at radius 1 is 1.44 bits per heavy atom. The van der Waals surface area contributed by atoms with E-state index in [0.717, 1.165) is 24.8 Å². The van der Waals surface area contributed by atoms with E-state index < -0.39 is 5.54 Å². The van der Waals surface area contributed by atoms with Crippen LogP contribution in [0.25, 0.3) is 0 Å². The molecule has 0 saturated heterocycles. The highest BCUT2D eigenvalue weighted by atomic mass is 16.2. The van der Waals surface area contributed by atoms with Crippen molar-refractivity contribution in [1.29, 1.82) is 5.26 Å². The van der Waals surface area contributed by atoms with Gasteiger partial charge in [-0.05, 0) is 43.9 Å². The van der Waals surface area contributed by atoms with Crippen LogP contribution < -0.4 is 11.1 Å². The molecule has 1 saturated carbocycles. The van der Waals surface area contributed by atoms with E-state index in [1.807, 2.05) is 19.1 Å². The summed E-state index contributed by atoms with van der Waals surface area (Å²) in [5.74, 6) is -0.0781. The molecule has 0 radical (unpaired) electrons. The number of nitrogens with one attached hydrogen (secondary N) is 1. The van der Waals surface area contributed by atoms with Crippen LogP contribution in [0.4, 0.5) is 0 Å². The molecule has 0 heterocycles. The van der Waals surface area contributed by atoms with Gasteiger partial charge in [0.15, 0.2) is 0 Å². The van der Waals surface area contributed by atoms with Crippen molar-refractivity contribution < 1.29 is 4.79 Å². The summed E-state index contributed by atoms with van der Waals surface area (Å²) in [6.07, 6.45) is 2.55. The van der Waals surface area contributed by atoms with E-state index in [1.54, 1.807) is 12.1 Å². The van der Waals surface area contributed by atoms with Crippen molar-refractivity contribution in [2.24, 2.45) is 5.73 Å². The Balaban J connectivity index is 2.01. The van der Waals surface area contributed by atoms with Crippen molar-refractivity contribution in [1.82, 2.24) is 5.32 Å². The normalized spacial score (nSPS) is 18.3. The van der Waals surface area contributed by atoms with Gasteiger partial charge in [-0.15, -0.1) is 0 Å². The second-order valence-corrected chi connectivity index (χ2v) is 4.94. The lowest BCUT2D eigenvalue weighted by Crippen LogP contribution is -2.58. The van der Waals surface area contributed by atoms with Gasteiger partial charge in [0, 0.05) is 0 Å². The number of nitriles is 1. The van der Waals surface area contributed by atoms with Crippen LogP contribution in [0.5, 0.6) is 0 Å². The highest BCUT2D eigenvalue weighted by Gasteiger charge is 2.40. The lowest BCUT2D eigenvalue weighted by Gasteiger charge is -2.37. The maximum absolute atomic E-state index is 12.0. The van der Waals surface area contributed by atoms with Gasteiger partial charge < -0.3 is 11.1 Å². The fraction of sp³-hybridized carbons (Fsp3) is 0.429. The van der Waals surface area contributed by atoms with Crippen LogP contribution in [0.1, 0.15) is 43.4 Å². The molecule has 4 nitrogen and oxygen atoms in total. The van der Waals surface area contributed by atoms with E-state index in [9.17, 15) is 4.79 Å². The summed E-state index contributed by atoms with van der Waals surface area (Å²) in [5.41, 5.74) is 6.89. The number of amides is 1. The van der Waals surface area contributed by atoms with Crippen LogP contribution in [0.15, 0.2) is 24.3 Å². The molecular weight excluding hydrogens is 226 g/mol. The lowest BCUT2D eigenvalue weighted by atomic mass is 9.77. The third kappa shape index (κ3) is 2.36. The number of rotatable bonds is 3. The molecule has 4 heteroatoms. The van der Waals surface area contributed by atoms with Gasteiger partial charge in [0.1, 0.15) is 0 Å². The van der Waals surface area contributed by atoms with Crippen molar-refractivity contribution >= 4 is 5.91 Å². The topological polar surface area (TPSA) is 78.9 Å². The highest BCUT2D eigenvalue weighted by molar-refractivity contribution is 5.87. The molecule has 1 fully saturated rings. The molecule has 1 aliphatic rings. The number of benzene rings is 1. The van der Waals surface area contributed by atoms with Crippen LogP contribution in [-0.4, -0.2) is 11.4 Å². The first-order chi connectivity index (χ1) is 8.55. The molecule has 1 aliphatic carbocycles. The van der Waals surface area contributed by atoms with Crippen molar-refractivity contribution in [2.75, 3.05) is 0 Å². The van der Waals surface area contributed by atoms with Crippen LogP contribution in [-0.2, 0) is 4.79 Å². The Labute approximate surface area is 107 Å². The first-order valence-corrected chi connectivity index (χ1v) is 6.15. The van der Waals surface area contributed by atoms with E-state index in [2.05, 4.69) is 11.4 Å². The quantitative estimate of drug-likeness (QED) is 0.846. The molecule has 0 spiro atoms. The zero-order valence-electron chi connectivity index (χ0n) is 10.4. The second kappa shape index (κ2) is 4.79. The highest BCUT2D eigenvalue weighted by Crippen LogP contribution is 2.29. The van der Waals surface area contributed by atoms with Gasteiger partial charge in [0.05, 0.1) is 23.2 Å². The Kier molecular flexibility index (Phi) is 3.35. The van der Waals surface area contributed by atoms with Crippen molar-refractivity contribution in [3.63, 3.8) is 0 Å². The first kappa shape index (κ1) is 12.6. The zero-order chi connectivity index (χ0) is 13.2. The summed E-state index contributed by atoms with van der Waals surface area (Å²) in [7, 11) is 0. The second-order valence-electron chi connectivity index (χ2n) is 4.94. The van der Waals surface area contributed by atoms with Gasteiger partial charge >= 0.3 is 0 Å². The van der Waals surface area contributed by atoms with E-state index in [-0.39, 0.29) is 11.9 Å². The van der Waals surface area contributed by atoms with Crippen LogP contribution in [0.3, 0.4) is 0 Å². The Morgan fingerprint density at radius 2 is 2.06 bits per heavy atom. The maximum atomic E-state index is 12.0. The van der Waals surface area contributed by atoms with Gasteiger partial charge in [-0.1, -0.05) is 12.1 Å². The maximum Gasteiger partial charge on any atom is 0.240 e. The molecule has 1 atom stereocenters. The van der Waals surface area contributed by atoms with Crippen LogP contribution >= 0.6 is 0 Å². The number of nitrogens with two attached hydrogens (primary N) is 1. The minimum atomic E-state index is -0.666. The number of carbonyl (C=O) groups is 1. The summed E-state index contributed by atoms with van der Waals surface area (Å²) in [6, 6.07) is 9.19. The van der Waals surface area contributed by atoms with Gasteiger partial charge in [-0.25, -0.2) is 0 Å². The molecule has 0 aliphatic heterocycles. The summed E-state index contributed by atoms with van der Waals surface area (Å²) >= 11 is 0. The molecule has 1 amide bonds. The van der Waals surface area contributed by atoms with Gasteiger partial charge in [-0.2, -0.15) is 5.26 Å². The van der Waals surface area contributed by atoms with Crippen molar-refractivity contribution in [3.05, 3.63) is 35.4 Å². The summed E-state index contributed by atoms with van der Waals surface area (Å²) < 4.78 is 0. The molecule has 94 valence electrons. The largest absolute Gasteiger partial charge is 0.348 e. The molecule has 1 aromatic carbocycles. The smallest absolute Gasteiger partial charge is 0.240 e. The molecule has 2 rings (SSSR count). The SMILES string of the molecule is CC(NC(=O)C1(N)CCC1)c1ccc(C#N)cc1. The molecule has 1 unspecified atom stereocenters. The fourth-order valence-corrected chi connectivity index (χ4v) is 2.05. The Morgan fingerprint density at radius 3 is 2.50 bits per heavy atom. The predicted octanol–water partition coefficient (Wildman–Crippen LogP) is 1.62. The zero-order valence-corrected chi connectivity index (χ0v) is 10.4. The standard InChI is InChI=1S/C14H17N3O/c1-10(12-5-3-11(9-15)4-6-12)17-13(18)14(16)7-2-8-14/h3-6,10H,2,7-8,16H2,1H3,(H,17,18). The average molecular weight is 243 g/mol. The van der Waals surface area contributed by atoms with E-state index in [4.69, 9.17) is 11.0 Å². The third-order valence-electron chi connectivity index (χ3n) is 3.59. The van der Waals surface area contributed by atoms with Gasteiger partial charge in [0.25, 0.3) is 0 Å². The molecular formula is C14H17N3O. The molecule has 0 bridgehead atoms. The molecule has 1 aromatic rings. The summed E-state index contributed by atoms with van der Waals surface area (Å²) in [5, 5.41) is 11.7. The van der Waals surface area contributed by atoms with Gasteiger partial charge in [0.2, 0.25) is 5.91 Å². The lowest BCUT2D eigenvalue weighted by molar-refractivity contribution is -0.129. The number of hydrogen-bond donors (Lipinski definition) is 2. The number of carbonyl (C=O) groups excluding carboxylic acids is 1. The van der Waals surface area contributed by atoms with Gasteiger partial charge in [-0.3, -0.25) is 4.79 Å². The number of nitrogens with zero attached hydrogens (tertiary/aromatic N) is 1.